The molecule has 0 aliphatic carbocycles. The van der Waals surface area contributed by atoms with Crippen LogP contribution in [0.25, 0.3) is 0 Å². The highest BCUT2D eigenvalue weighted by molar-refractivity contribution is 7.88. The van der Waals surface area contributed by atoms with E-state index in [0.717, 1.165) is 11.8 Å². The standard InChI is InChI=1S/C18H21FN2O3S/c1-21(13-14-6-4-3-5-7-14)18(22)12-17(20-25(2,23)24)15-8-10-16(19)11-9-15/h3-11,17,20H,12-13H2,1-2H3/t17-/m0/s1. The third-order valence-corrected chi connectivity index (χ3v) is 4.41. The molecule has 0 aliphatic rings. The number of nitrogens with one attached hydrogen (secondary N) is 1. The monoisotopic (exact) mass is 364 g/mol. The molecule has 2 rings (SSSR count). The van der Waals surface area contributed by atoms with Crippen molar-refractivity contribution < 1.29 is 17.6 Å². The first kappa shape index (κ1) is 19.1. The number of hydrogen-bond donors (Lipinski definition) is 1. The second-order valence-corrected chi connectivity index (χ2v) is 7.71. The third-order valence-electron chi connectivity index (χ3n) is 3.70. The first-order valence-corrected chi connectivity index (χ1v) is 9.64. The topological polar surface area (TPSA) is 66.5 Å². The second kappa shape index (κ2) is 8.22. The van der Waals surface area contributed by atoms with Gasteiger partial charge in [0.25, 0.3) is 0 Å². The predicted molar refractivity (Wildman–Crippen MR) is 94.7 cm³/mol. The van der Waals surface area contributed by atoms with Crippen LogP contribution in [0.15, 0.2) is 54.6 Å². The van der Waals surface area contributed by atoms with Gasteiger partial charge in [-0.2, -0.15) is 0 Å². The molecule has 0 heterocycles. The first-order valence-electron chi connectivity index (χ1n) is 7.75. The molecule has 2 aromatic carbocycles. The van der Waals surface area contributed by atoms with Crippen LogP contribution in [0.5, 0.6) is 0 Å². The van der Waals surface area contributed by atoms with E-state index in [4.69, 9.17) is 0 Å². The molecule has 1 atom stereocenters. The summed E-state index contributed by atoms with van der Waals surface area (Å²) >= 11 is 0. The minimum atomic E-state index is -3.53. The number of carbonyl (C=O) groups excluding carboxylic acids is 1. The highest BCUT2D eigenvalue weighted by Gasteiger charge is 2.22. The highest BCUT2D eigenvalue weighted by atomic mass is 32.2. The van der Waals surface area contributed by atoms with Gasteiger partial charge in [-0.3, -0.25) is 4.79 Å². The van der Waals surface area contributed by atoms with Gasteiger partial charge in [-0.1, -0.05) is 42.5 Å². The Hall–Kier alpha value is -2.25. The molecule has 1 N–H and O–H groups in total. The molecule has 0 spiro atoms. The summed E-state index contributed by atoms with van der Waals surface area (Å²) in [7, 11) is -1.86. The number of halogens is 1. The molecule has 5 nitrogen and oxygen atoms in total. The normalized spacial score (nSPS) is 12.6. The Balaban J connectivity index is 2.12. The third kappa shape index (κ3) is 6.28. The molecule has 0 saturated heterocycles. The Kier molecular flexibility index (Phi) is 6.27. The zero-order chi connectivity index (χ0) is 18.4. The van der Waals surface area contributed by atoms with Gasteiger partial charge in [0.05, 0.1) is 12.3 Å². The Morgan fingerprint density at radius 1 is 1.12 bits per heavy atom. The first-order chi connectivity index (χ1) is 11.7. The van der Waals surface area contributed by atoms with Gasteiger partial charge in [0.15, 0.2) is 0 Å². The number of sulfonamides is 1. The lowest BCUT2D eigenvalue weighted by molar-refractivity contribution is -0.130. The van der Waals surface area contributed by atoms with Crippen LogP contribution in [0.1, 0.15) is 23.6 Å². The van der Waals surface area contributed by atoms with Gasteiger partial charge in [-0.05, 0) is 23.3 Å². The average molecular weight is 364 g/mol. The van der Waals surface area contributed by atoms with Crippen LogP contribution in [0.4, 0.5) is 4.39 Å². The fourth-order valence-corrected chi connectivity index (χ4v) is 3.19. The van der Waals surface area contributed by atoms with Gasteiger partial charge in [0, 0.05) is 20.0 Å². The molecule has 2 aromatic rings. The van der Waals surface area contributed by atoms with E-state index in [1.54, 1.807) is 7.05 Å². The van der Waals surface area contributed by atoms with Gasteiger partial charge in [-0.15, -0.1) is 0 Å². The molecule has 0 aromatic heterocycles. The fraction of sp³-hybridized carbons (Fsp3) is 0.278. The van der Waals surface area contributed by atoms with Gasteiger partial charge < -0.3 is 4.90 Å². The number of rotatable bonds is 7. The van der Waals surface area contributed by atoms with Gasteiger partial charge in [-0.25, -0.2) is 17.5 Å². The van der Waals surface area contributed by atoms with E-state index in [2.05, 4.69) is 4.72 Å². The molecule has 1 amide bonds. The van der Waals surface area contributed by atoms with Crippen molar-refractivity contribution in [1.82, 2.24) is 9.62 Å². The molecular weight excluding hydrogens is 343 g/mol. The Bertz CT molecular complexity index is 808. The number of hydrogen-bond acceptors (Lipinski definition) is 3. The minimum Gasteiger partial charge on any atom is -0.341 e. The fourth-order valence-electron chi connectivity index (χ4n) is 2.46. The van der Waals surface area contributed by atoms with Gasteiger partial charge in [0.1, 0.15) is 5.82 Å². The van der Waals surface area contributed by atoms with Crippen molar-refractivity contribution in [2.45, 2.75) is 19.0 Å². The number of nitrogens with zero attached hydrogens (tertiary/aromatic N) is 1. The maximum absolute atomic E-state index is 13.1. The molecule has 0 bridgehead atoms. The van der Waals surface area contributed by atoms with Crippen LogP contribution in [0.2, 0.25) is 0 Å². The van der Waals surface area contributed by atoms with Gasteiger partial charge >= 0.3 is 0 Å². The molecule has 25 heavy (non-hydrogen) atoms. The molecule has 7 heteroatoms. The summed E-state index contributed by atoms with van der Waals surface area (Å²) in [4.78, 5) is 14.0. The summed E-state index contributed by atoms with van der Waals surface area (Å²) < 4.78 is 38.8. The van der Waals surface area contributed by atoms with Crippen molar-refractivity contribution in [3.8, 4) is 0 Å². The summed E-state index contributed by atoms with van der Waals surface area (Å²) in [5.41, 5.74) is 1.51. The second-order valence-electron chi connectivity index (χ2n) is 5.93. The zero-order valence-electron chi connectivity index (χ0n) is 14.1. The molecule has 0 fully saturated rings. The quantitative estimate of drug-likeness (QED) is 0.821. The van der Waals surface area contributed by atoms with Crippen LogP contribution in [0.3, 0.4) is 0 Å². The summed E-state index contributed by atoms with van der Waals surface area (Å²) in [6.45, 7) is 0.425. The SMILES string of the molecule is CN(Cc1ccccc1)C(=O)C[C@H](NS(C)(=O)=O)c1ccc(F)cc1. The van der Waals surface area contributed by atoms with E-state index in [1.165, 1.54) is 29.2 Å². The Morgan fingerprint density at radius 3 is 2.28 bits per heavy atom. The smallest absolute Gasteiger partial charge is 0.224 e. The minimum absolute atomic E-state index is 0.0535. The summed E-state index contributed by atoms with van der Waals surface area (Å²) in [5, 5.41) is 0. The number of amides is 1. The Morgan fingerprint density at radius 2 is 1.72 bits per heavy atom. The lowest BCUT2D eigenvalue weighted by Crippen LogP contribution is -2.34. The summed E-state index contributed by atoms with van der Waals surface area (Å²) in [5.74, 6) is -0.635. The van der Waals surface area contributed by atoms with Crippen LogP contribution >= 0.6 is 0 Å². The maximum atomic E-state index is 13.1. The molecule has 0 aliphatic heterocycles. The average Bonchev–Trinajstić information content (AvgIpc) is 2.54. The lowest BCUT2D eigenvalue weighted by Gasteiger charge is -2.22. The van der Waals surface area contributed by atoms with Gasteiger partial charge in [0.2, 0.25) is 15.9 Å². The number of carbonyl (C=O) groups is 1. The van der Waals surface area contributed by atoms with Crippen molar-refractivity contribution in [3.63, 3.8) is 0 Å². The molecule has 134 valence electrons. The Labute approximate surface area is 147 Å². The lowest BCUT2D eigenvalue weighted by atomic mass is 10.0. The van der Waals surface area contributed by atoms with Crippen molar-refractivity contribution in [1.29, 1.82) is 0 Å². The summed E-state index contributed by atoms with van der Waals surface area (Å²) in [6, 6.07) is 14.2. The molecule has 0 radical (unpaired) electrons. The van der Waals surface area contributed by atoms with Crippen LogP contribution in [-0.4, -0.2) is 32.5 Å². The van der Waals surface area contributed by atoms with Crippen molar-refractivity contribution in [2.75, 3.05) is 13.3 Å². The van der Waals surface area contributed by atoms with E-state index < -0.39 is 21.9 Å². The van der Waals surface area contributed by atoms with E-state index in [1.807, 2.05) is 30.3 Å². The largest absolute Gasteiger partial charge is 0.341 e. The van der Waals surface area contributed by atoms with E-state index >= 15 is 0 Å². The summed E-state index contributed by atoms with van der Waals surface area (Å²) in [6.07, 6.45) is 0.976. The molecule has 0 unspecified atom stereocenters. The maximum Gasteiger partial charge on any atom is 0.224 e. The molecular formula is C18H21FN2O3S. The predicted octanol–water partition coefficient (Wildman–Crippen LogP) is 2.46. The zero-order valence-corrected chi connectivity index (χ0v) is 15.0. The van der Waals surface area contributed by atoms with Crippen molar-refractivity contribution in [2.24, 2.45) is 0 Å². The highest BCUT2D eigenvalue weighted by Crippen LogP contribution is 2.20. The molecule has 0 saturated carbocycles. The number of benzene rings is 2. The van der Waals surface area contributed by atoms with Crippen LogP contribution in [0, 0.1) is 5.82 Å². The van der Waals surface area contributed by atoms with Crippen LogP contribution in [-0.2, 0) is 21.4 Å². The van der Waals surface area contributed by atoms with E-state index in [0.29, 0.717) is 12.1 Å². The van der Waals surface area contributed by atoms with Crippen molar-refractivity contribution in [3.05, 3.63) is 71.5 Å². The van der Waals surface area contributed by atoms with E-state index in [-0.39, 0.29) is 12.3 Å². The van der Waals surface area contributed by atoms with E-state index in [9.17, 15) is 17.6 Å². The van der Waals surface area contributed by atoms with Crippen LogP contribution < -0.4 is 4.72 Å². The van der Waals surface area contributed by atoms with Crippen molar-refractivity contribution >= 4 is 15.9 Å².